The molecule has 10 nitrogen and oxygen atoms in total. The lowest BCUT2D eigenvalue weighted by Crippen LogP contribution is -2.55. The van der Waals surface area contributed by atoms with Gasteiger partial charge in [-0.15, -0.1) is 0 Å². The normalized spacial score (nSPS) is 16.1. The van der Waals surface area contributed by atoms with Crippen LogP contribution in [-0.4, -0.2) is 86.1 Å². The van der Waals surface area contributed by atoms with E-state index >= 15 is 0 Å². The van der Waals surface area contributed by atoms with Crippen molar-refractivity contribution in [2.24, 2.45) is 5.92 Å². The van der Waals surface area contributed by atoms with Crippen molar-refractivity contribution in [1.82, 2.24) is 19.8 Å². The first-order valence-electron chi connectivity index (χ1n) is 15.6. The lowest BCUT2D eigenvalue weighted by atomic mass is 9.98. The van der Waals surface area contributed by atoms with Crippen LogP contribution in [0.25, 0.3) is 0 Å². The van der Waals surface area contributed by atoms with Gasteiger partial charge in [0, 0.05) is 38.4 Å². The van der Waals surface area contributed by atoms with Gasteiger partial charge in [0.05, 0.1) is 18.6 Å². The van der Waals surface area contributed by atoms with Gasteiger partial charge in [-0.1, -0.05) is 44.2 Å². The quantitative estimate of drug-likeness (QED) is 0.215. The average Bonchev–Trinajstić information content (AvgIpc) is 3.49. The summed E-state index contributed by atoms with van der Waals surface area (Å²) in [6.45, 7) is 8.27. The van der Waals surface area contributed by atoms with Gasteiger partial charge in [0.2, 0.25) is 21.8 Å². The molecule has 244 valence electrons. The van der Waals surface area contributed by atoms with Gasteiger partial charge in [-0.25, -0.2) is 8.42 Å². The minimum Gasteiger partial charge on any atom is -0.497 e. The predicted molar refractivity (Wildman–Crippen MR) is 172 cm³/mol. The molecule has 1 aliphatic rings. The largest absolute Gasteiger partial charge is 0.497 e. The fourth-order valence-corrected chi connectivity index (χ4v) is 7.35. The highest BCUT2D eigenvalue weighted by molar-refractivity contribution is 7.89. The maximum Gasteiger partial charge on any atom is 0.245 e. The van der Waals surface area contributed by atoms with Crippen molar-refractivity contribution in [3.8, 4) is 5.75 Å². The number of rotatable bonds is 18. The lowest BCUT2D eigenvalue weighted by molar-refractivity contribution is -0.122. The van der Waals surface area contributed by atoms with E-state index in [1.54, 1.807) is 12.1 Å². The summed E-state index contributed by atoms with van der Waals surface area (Å²) in [5.74, 6) is 0.284. The Hall–Kier alpha value is -2.99. The summed E-state index contributed by atoms with van der Waals surface area (Å²) in [7, 11) is -2.60. The molecule has 2 atom stereocenters. The second-order valence-electron chi connectivity index (χ2n) is 12.2. The number of nitrogens with zero attached hydrogens (tertiary/aromatic N) is 2. The van der Waals surface area contributed by atoms with Gasteiger partial charge < -0.3 is 20.5 Å². The number of hydrogen-bond acceptors (Lipinski definition) is 7. The molecule has 0 saturated carbocycles. The Kier molecular flexibility index (Phi) is 13.6. The van der Waals surface area contributed by atoms with E-state index in [1.807, 2.05) is 51.1 Å². The van der Waals surface area contributed by atoms with Crippen LogP contribution in [0.1, 0.15) is 64.9 Å². The van der Waals surface area contributed by atoms with Gasteiger partial charge in [0.15, 0.2) is 0 Å². The Labute approximate surface area is 263 Å². The fourth-order valence-electron chi connectivity index (χ4n) is 5.52. The topological polar surface area (TPSA) is 128 Å². The maximum absolute atomic E-state index is 14.0. The van der Waals surface area contributed by atoms with Crippen molar-refractivity contribution in [3.63, 3.8) is 0 Å². The molecule has 0 aliphatic carbocycles. The number of amides is 2. The van der Waals surface area contributed by atoms with Crippen LogP contribution in [-0.2, 0) is 26.0 Å². The van der Waals surface area contributed by atoms with Gasteiger partial charge in [0.1, 0.15) is 11.5 Å². The third-order valence-electron chi connectivity index (χ3n) is 7.83. The molecule has 1 saturated heterocycles. The molecule has 2 aromatic carbocycles. The molecule has 0 bridgehead atoms. The molecule has 3 rings (SSSR count). The molecular weight excluding hydrogens is 580 g/mol. The van der Waals surface area contributed by atoms with E-state index < -0.39 is 15.7 Å². The second kappa shape index (κ2) is 16.9. The number of benzene rings is 2. The Morgan fingerprint density at radius 2 is 1.68 bits per heavy atom. The molecule has 44 heavy (non-hydrogen) atoms. The van der Waals surface area contributed by atoms with Crippen molar-refractivity contribution < 1.29 is 27.9 Å². The Morgan fingerprint density at radius 3 is 2.30 bits per heavy atom. The summed E-state index contributed by atoms with van der Waals surface area (Å²) in [6, 6.07) is 15.3. The van der Waals surface area contributed by atoms with Crippen LogP contribution in [0.4, 0.5) is 0 Å². The molecule has 1 fully saturated rings. The fraction of sp³-hybridized carbons (Fsp3) is 0.576. The van der Waals surface area contributed by atoms with Crippen LogP contribution in [0.2, 0.25) is 0 Å². The summed E-state index contributed by atoms with van der Waals surface area (Å²) in [5, 5.41) is 18.0. The standard InChI is InChI=1S/C33H50N4O6S/c1-26(2)24-37(44(41,42)30-17-15-29(43-4)16-18-30)33(40,23-28-12-6-5-7-13-28)19-20-34-31(38)14-10-11-27(3)35-32(39)25-36-21-8-9-22-36/h5-7,12-13,15-18,26-27,40H,8-11,14,19-25H2,1-4H3,(H,34,38)(H,35,39). The van der Waals surface area contributed by atoms with Crippen LogP contribution in [0.3, 0.4) is 0 Å². The van der Waals surface area contributed by atoms with E-state index in [-0.39, 0.29) is 61.0 Å². The molecule has 2 amide bonds. The zero-order valence-electron chi connectivity index (χ0n) is 26.6. The lowest BCUT2D eigenvalue weighted by Gasteiger charge is -2.40. The number of aliphatic hydroxyl groups is 1. The van der Waals surface area contributed by atoms with E-state index in [0.29, 0.717) is 25.1 Å². The molecule has 1 aliphatic heterocycles. The van der Waals surface area contributed by atoms with Crippen molar-refractivity contribution >= 4 is 21.8 Å². The van der Waals surface area contributed by atoms with Crippen LogP contribution >= 0.6 is 0 Å². The predicted octanol–water partition coefficient (Wildman–Crippen LogP) is 3.55. The van der Waals surface area contributed by atoms with Crippen LogP contribution in [0, 0.1) is 5.92 Å². The minimum absolute atomic E-state index is 0.00129. The van der Waals surface area contributed by atoms with E-state index in [1.165, 1.54) is 23.5 Å². The smallest absolute Gasteiger partial charge is 0.245 e. The van der Waals surface area contributed by atoms with Crippen molar-refractivity contribution in [1.29, 1.82) is 0 Å². The second-order valence-corrected chi connectivity index (χ2v) is 14.1. The molecule has 2 unspecified atom stereocenters. The highest BCUT2D eigenvalue weighted by Gasteiger charge is 2.43. The SMILES string of the molecule is COc1ccc(S(=O)(=O)N(CC(C)C)C(O)(CCNC(=O)CCCC(C)NC(=O)CN2CCCC2)Cc2ccccc2)cc1. The zero-order valence-corrected chi connectivity index (χ0v) is 27.4. The van der Waals surface area contributed by atoms with Crippen molar-refractivity contribution in [3.05, 3.63) is 60.2 Å². The summed E-state index contributed by atoms with van der Waals surface area (Å²) in [4.78, 5) is 27.2. The molecule has 11 heteroatoms. The Bertz CT molecular complexity index is 1280. The third-order valence-corrected chi connectivity index (χ3v) is 9.77. The number of nitrogens with one attached hydrogen (secondary N) is 2. The molecule has 2 aromatic rings. The molecular formula is C33H50N4O6S. The van der Waals surface area contributed by atoms with Gasteiger partial charge in [0.25, 0.3) is 0 Å². The van der Waals surface area contributed by atoms with Gasteiger partial charge in [-0.3, -0.25) is 14.5 Å². The number of likely N-dealkylation sites (tertiary alicyclic amines) is 1. The third kappa shape index (κ3) is 10.9. The number of sulfonamides is 1. The molecule has 0 spiro atoms. The van der Waals surface area contributed by atoms with E-state index in [2.05, 4.69) is 15.5 Å². The highest BCUT2D eigenvalue weighted by atomic mass is 32.2. The summed E-state index contributed by atoms with van der Waals surface area (Å²) in [6.07, 6.45) is 3.85. The van der Waals surface area contributed by atoms with Gasteiger partial charge in [-0.05, 0) is 81.4 Å². The van der Waals surface area contributed by atoms with Crippen LogP contribution in [0.15, 0.2) is 59.5 Å². The van der Waals surface area contributed by atoms with Crippen LogP contribution < -0.4 is 15.4 Å². The average molecular weight is 631 g/mol. The summed E-state index contributed by atoms with van der Waals surface area (Å²) >= 11 is 0. The summed E-state index contributed by atoms with van der Waals surface area (Å²) in [5.41, 5.74) is -1.02. The van der Waals surface area contributed by atoms with Crippen molar-refractivity contribution in [2.75, 3.05) is 39.8 Å². The van der Waals surface area contributed by atoms with Crippen LogP contribution in [0.5, 0.6) is 5.75 Å². The first-order valence-corrected chi connectivity index (χ1v) is 17.1. The zero-order chi connectivity index (χ0) is 32.2. The number of hydrogen-bond donors (Lipinski definition) is 3. The summed E-state index contributed by atoms with van der Waals surface area (Å²) < 4.78 is 34.3. The monoisotopic (exact) mass is 630 g/mol. The van der Waals surface area contributed by atoms with E-state index in [4.69, 9.17) is 4.74 Å². The first kappa shape index (κ1) is 35.5. The van der Waals surface area contributed by atoms with E-state index in [0.717, 1.165) is 31.5 Å². The Morgan fingerprint density at radius 1 is 1.02 bits per heavy atom. The number of carbonyl (C=O) groups is 2. The highest BCUT2D eigenvalue weighted by Crippen LogP contribution is 2.31. The number of methoxy groups -OCH3 is 1. The van der Waals surface area contributed by atoms with Crippen molar-refractivity contribution in [2.45, 2.75) is 82.4 Å². The van der Waals surface area contributed by atoms with Gasteiger partial charge in [-0.2, -0.15) is 4.31 Å². The number of ether oxygens (including phenoxy) is 1. The first-order chi connectivity index (χ1) is 20.9. The molecule has 3 N–H and O–H groups in total. The minimum atomic E-state index is -4.11. The molecule has 1 heterocycles. The molecule has 0 aromatic heterocycles. The maximum atomic E-state index is 14.0. The number of carbonyl (C=O) groups excluding carboxylic acids is 2. The van der Waals surface area contributed by atoms with E-state index in [9.17, 15) is 23.1 Å². The molecule has 0 radical (unpaired) electrons. The Balaban J connectivity index is 1.64. The van der Waals surface area contributed by atoms with Gasteiger partial charge >= 0.3 is 0 Å².